The summed E-state index contributed by atoms with van der Waals surface area (Å²) < 4.78 is 6.08. The van der Waals surface area contributed by atoms with Gasteiger partial charge in [-0.2, -0.15) is 0 Å². The summed E-state index contributed by atoms with van der Waals surface area (Å²) in [6, 6.07) is 9.98. The minimum Gasteiger partial charge on any atom is -0.384 e. The van der Waals surface area contributed by atoms with E-state index in [1.807, 2.05) is 12.1 Å². The van der Waals surface area contributed by atoms with Gasteiger partial charge in [-0.05, 0) is 24.6 Å². The van der Waals surface area contributed by atoms with Crippen molar-refractivity contribution in [3.8, 4) is 0 Å². The molecule has 0 aliphatic carbocycles. The van der Waals surface area contributed by atoms with Crippen molar-refractivity contribution in [2.45, 2.75) is 19.6 Å². The van der Waals surface area contributed by atoms with Gasteiger partial charge < -0.3 is 15.8 Å². The molecule has 1 aromatic heterocycles. The van der Waals surface area contributed by atoms with Crippen LogP contribution in [0.5, 0.6) is 0 Å². The molecule has 0 radical (unpaired) electrons. The van der Waals surface area contributed by atoms with Crippen molar-refractivity contribution >= 4 is 27.6 Å². The van der Waals surface area contributed by atoms with Gasteiger partial charge in [-0.1, -0.05) is 28.1 Å². The first kappa shape index (κ1) is 14.7. The molecule has 6 heteroatoms. The minimum atomic E-state index is 0.118. The fraction of sp³-hybridized carbons (Fsp3) is 0.286. The summed E-state index contributed by atoms with van der Waals surface area (Å²) in [4.78, 5) is 8.48. The van der Waals surface area contributed by atoms with Crippen molar-refractivity contribution < 1.29 is 4.74 Å². The van der Waals surface area contributed by atoms with E-state index in [0.29, 0.717) is 24.1 Å². The summed E-state index contributed by atoms with van der Waals surface area (Å²) in [5, 5.41) is 3.32. The highest BCUT2D eigenvalue weighted by atomic mass is 79.9. The van der Waals surface area contributed by atoms with Crippen LogP contribution in [-0.4, -0.2) is 17.1 Å². The molecule has 2 aromatic rings. The Bertz CT molecular complexity index is 574. The normalized spacial score (nSPS) is 12.2. The fourth-order valence-electron chi connectivity index (χ4n) is 1.84. The Balaban J connectivity index is 2.14. The molecular weight excluding hydrogens is 320 g/mol. The Labute approximate surface area is 126 Å². The summed E-state index contributed by atoms with van der Waals surface area (Å²) >= 11 is 3.43. The predicted molar refractivity (Wildman–Crippen MR) is 83.3 cm³/mol. The van der Waals surface area contributed by atoms with Crippen LogP contribution in [0.25, 0.3) is 0 Å². The number of nitrogens with two attached hydrogens (primary N) is 1. The van der Waals surface area contributed by atoms with Crippen molar-refractivity contribution in [1.29, 1.82) is 0 Å². The molecule has 0 bridgehead atoms. The minimum absolute atomic E-state index is 0.118. The summed E-state index contributed by atoms with van der Waals surface area (Å²) in [6.07, 6.45) is 0. The largest absolute Gasteiger partial charge is 0.384 e. The van der Waals surface area contributed by atoms with Crippen LogP contribution in [0, 0.1) is 0 Å². The first-order valence-corrected chi connectivity index (χ1v) is 7.02. The van der Waals surface area contributed by atoms with Crippen molar-refractivity contribution in [1.82, 2.24) is 9.97 Å². The van der Waals surface area contributed by atoms with E-state index in [0.717, 1.165) is 4.47 Å². The van der Waals surface area contributed by atoms with Crippen LogP contribution in [0.15, 0.2) is 34.8 Å². The lowest BCUT2D eigenvalue weighted by molar-refractivity contribution is 0.178. The number of ether oxygens (including phenoxy) is 1. The topological polar surface area (TPSA) is 73.1 Å². The van der Waals surface area contributed by atoms with Crippen LogP contribution in [0.4, 0.5) is 11.6 Å². The van der Waals surface area contributed by atoms with Crippen LogP contribution in [0.2, 0.25) is 0 Å². The third-order valence-corrected chi connectivity index (χ3v) is 3.33. The SMILES string of the molecule is COCc1nc(N)cc(NC(C)c2ccc(Br)cc2)n1. The molecule has 1 unspecified atom stereocenters. The first-order valence-electron chi connectivity index (χ1n) is 6.23. The van der Waals surface area contributed by atoms with Crippen molar-refractivity contribution in [3.05, 3.63) is 46.2 Å². The predicted octanol–water partition coefficient (Wildman–Crippen LogP) is 3.14. The first-order chi connectivity index (χ1) is 9.58. The lowest BCUT2D eigenvalue weighted by atomic mass is 10.1. The molecule has 0 saturated carbocycles. The van der Waals surface area contributed by atoms with Gasteiger partial charge in [0.25, 0.3) is 0 Å². The molecular formula is C14H17BrN4O. The highest BCUT2D eigenvalue weighted by molar-refractivity contribution is 9.10. The van der Waals surface area contributed by atoms with Gasteiger partial charge in [-0.3, -0.25) is 0 Å². The molecule has 2 rings (SSSR count). The second kappa shape index (κ2) is 6.67. The number of hydrogen-bond acceptors (Lipinski definition) is 5. The third kappa shape index (κ3) is 3.91. The molecule has 1 heterocycles. The van der Waals surface area contributed by atoms with Gasteiger partial charge in [0.05, 0.1) is 0 Å². The number of nitrogens with zero attached hydrogens (tertiary/aromatic N) is 2. The lowest BCUT2D eigenvalue weighted by Crippen LogP contribution is -2.10. The third-order valence-electron chi connectivity index (χ3n) is 2.80. The van der Waals surface area contributed by atoms with Gasteiger partial charge in [0.1, 0.15) is 18.2 Å². The van der Waals surface area contributed by atoms with E-state index >= 15 is 0 Å². The number of benzene rings is 1. The molecule has 0 amide bonds. The summed E-state index contributed by atoms with van der Waals surface area (Å²) in [5.41, 5.74) is 6.94. The number of hydrogen-bond donors (Lipinski definition) is 2. The zero-order valence-electron chi connectivity index (χ0n) is 11.4. The summed E-state index contributed by atoms with van der Waals surface area (Å²) in [6.45, 7) is 2.41. The van der Waals surface area contributed by atoms with E-state index in [1.165, 1.54) is 5.56 Å². The van der Waals surface area contributed by atoms with Crippen LogP contribution in [-0.2, 0) is 11.3 Å². The Hall–Kier alpha value is -1.66. The van der Waals surface area contributed by atoms with Crippen LogP contribution in [0.1, 0.15) is 24.4 Å². The highest BCUT2D eigenvalue weighted by Gasteiger charge is 2.08. The molecule has 0 fully saturated rings. The monoisotopic (exact) mass is 336 g/mol. The van der Waals surface area contributed by atoms with Crippen molar-refractivity contribution in [2.24, 2.45) is 0 Å². The Morgan fingerprint density at radius 2 is 2.00 bits per heavy atom. The molecule has 0 aliphatic rings. The van der Waals surface area contributed by atoms with E-state index in [-0.39, 0.29) is 6.04 Å². The number of nitrogens with one attached hydrogen (secondary N) is 1. The number of methoxy groups -OCH3 is 1. The Kier molecular flexibility index (Phi) is 4.92. The molecule has 106 valence electrons. The van der Waals surface area contributed by atoms with E-state index in [2.05, 4.69) is 50.3 Å². The van der Waals surface area contributed by atoms with E-state index in [9.17, 15) is 0 Å². The zero-order valence-corrected chi connectivity index (χ0v) is 13.0. The van der Waals surface area contributed by atoms with E-state index < -0.39 is 0 Å². The average molecular weight is 337 g/mol. The number of nitrogen functional groups attached to an aromatic ring is 1. The fourth-order valence-corrected chi connectivity index (χ4v) is 2.11. The van der Waals surface area contributed by atoms with Crippen LogP contribution >= 0.6 is 15.9 Å². The average Bonchev–Trinajstić information content (AvgIpc) is 2.39. The second-order valence-electron chi connectivity index (χ2n) is 4.44. The number of anilines is 2. The van der Waals surface area contributed by atoms with Gasteiger partial charge in [-0.15, -0.1) is 0 Å². The second-order valence-corrected chi connectivity index (χ2v) is 5.36. The molecule has 0 saturated heterocycles. The van der Waals surface area contributed by atoms with E-state index in [4.69, 9.17) is 10.5 Å². The molecule has 3 N–H and O–H groups in total. The Morgan fingerprint density at radius 1 is 1.30 bits per heavy atom. The van der Waals surface area contributed by atoms with Crippen molar-refractivity contribution in [3.63, 3.8) is 0 Å². The molecule has 1 atom stereocenters. The van der Waals surface area contributed by atoms with Gasteiger partial charge in [0.15, 0.2) is 5.82 Å². The molecule has 20 heavy (non-hydrogen) atoms. The van der Waals surface area contributed by atoms with Crippen molar-refractivity contribution in [2.75, 3.05) is 18.2 Å². The number of aromatic nitrogens is 2. The van der Waals surface area contributed by atoms with Gasteiger partial charge in [-0.25, -0.2) is 9.97 Å². The maximum absolute atomic E-state index is 5.77. The molecule has 0 aliphatic heterocycles. The highest BCUT2D eigenvalue weighted by Crippen LogP contribution is 2.21. The number of rotatable bonds is 5. The standard InChI is InChI=1S/C14H17BrN4O/c1-9(10-3-5-11(15)6-4-10)17-13-7-12(16)18-14(19-13)8-20-2/h3-7,9H,8H2,1-2H3,(H3,16,17,18,19). The summed E-state index contributed by atoms with van der Waals surface area (Å²) in [7, 11) is 1.60. The Morgan fingerprint density at radius 3 is 2.65 bits per heavy atom. The van der Waals surface area contributed by atoms with Gasteiger partial charge >= 0.3 is 0 Å². The molecule has 1 aromatic carbocycles. The maximum Gasteiger partial charge on any atom is 0.158 e. The van der Waals surface area contributed by atoms with Gasteiger partial charge in [0.2, 0.25) is 0 Å². The summed E-state index contributed by atoms with van der Waals surface area (Å²) in [5.74, 6) is 1.69. The molecule has 0 spiro atoms. The van der Waals surface area contributed by atoms with Crippen LogP contribution in [0.3, 0.4) is 0 Å². The lowest BCUT2D eigenvalue weighted by Gasteiger charge is -2.16. The zero-order chi connectivity index (χ0) is 14.5. The molecule has 5 nitrogen and oxygen atoms in total. The van der Waals surface area contributed by atoms with Gasteiger partial charge in [0, 0.05) is 23.7 Å². The smallest absolute Gasteiger partial charge is 0.158 e. The maximum atomic E-state index is 5.77. The number of halogens is 1. The van der Waals surface area contributed by atoms with Crippen LogP contribution < -0.4 is 11.1 Å². The quantitative estimate of drug-likeness (QED) is 0.877. The van der Waals surface area contributed by atoms with E-state index in [1.54, 1.807) is 13.2 Å².